The lowest BCUT2D eigenvalue weighted by Gasteiger charge is -2.19. The summed E-state index contributed by atoms with van der Waals surface area (Å²) >= 11 is 0. The van der Waals surface area contributed by atoms with Crippen LogP contribution in [0.5, 0.6) is 5.75 Å². The molecule has 0 bridgehead atoms. The number of hydrogen-bond donors (Lipinski definition) is 0. The summed E-state index contributed by atoms with van der Waals surface area (Å²) in [6.07, 6.45) is 0.732. The Bertz CT molecular complexity index is 646. The summed E-state index contributed by atoms with van der Waals surface area (Å²) < 4.78 is 29.0. The molecule has 106 valence electrons. The Hall–Kier alpha value is -1.81. The molecule has 0 spiro atoms. The first-order valence-corrected chi connectivity index (χ1v) is 8.46. The Morgan fingerprint density at radius 1 is 1.00 bits per heavy atom. The van der Waals surface area contributed by atoms with Crippen LogP contribution in [0.2, 0.25) is 0 Å². The number of hydrogen-bond acceptors (Lipinski definition) is 3. The molecule has 0 N–H and O–H groups in total. The molecule has 20 heavy (non-hydrogen) atoms. The first-order chi connectivity index (χ1) is 9.44. The van der Waals surface area contributed by atoms with Crippen molar-refractivity contribution in [3.05, 3.63) is 65.7 Å². The van der Waals surface area contributed by atoms with E-state index in [0.29, 0.717) is 5.75 Å². The SMILES string of the molecule is Cc1ccc(OC(CS(C)(=O)=O)c2ccccc2)cc1. The van der Waals surface area contributed by atoms with E-state index in [-0.39, 0.29) is 5.75 Å². The van der Waals surface area contributed by atoms with E-state index in [0.717, 1.165) is 11.1 Å². The Morgan fingerprint density at radius 2 is 1.60 bits per heavy atom. The highest BCUT2D eigenvalue weighted by Crippen LogP contribution is 2.23. The lowest BCUT2D eigenvalue weighted by molar-refractivity contribution is 0.229. The largest absolute Gasteiger partial charge is 0.485 e. The van der Waals surface area contributed by atoms with Crippen LogP contribution in [0.1, 0.15) is 17.2 Å². The zero-order valence-corrected chi connectivity index (χ0v) is 12.4. The van der Waals surface area contributed by atoms with Gasteiger partial charge in [0.1, 0.15) is 11.9 Å². The number of sulfone groups is 1. The average Bonchev–Trinajstić information content (AvgIpc) is 2.40. The number of benzene rings is 2. The second kappa shape index (κ2) is 6.09. The van der Waals surface area contributed by atoms with Crippen LogP contribution < -0.4 is 4.74 Å². The molecule has 0 aliphatic heterocycles. The van der Waals surface area contributed by atoms with Gasteiger partial charge in [0.15, 0.2) is 9.84 Å². The van der Waals surface area contributed by atoms with Gasteiger partial charge in [-0.1, -0.05) is 48.0 Å². The normalized spacial score (nSPS) is 12.9. The standard InChI is InChI=1S/C16H18O3S/c1-13-8-10-15(11-9-13)19-16(12-20(2,17)18)14-6-4-3-5-7-14/h3-11,16H,12H2,1-2H3. The van der Waals surface area contributed by atoms with Gasteiger partial charge in [0.2, 0.25) is 0 Å². The van der Waals surface area contributed by atoms with E-state index in [1.807, 2.05) is 61.5 Å². The molecule has 1 atom stereocenters. The highest BCUT2D eigenvalue weighted by atomic mass is 32.2. The molecule has 0 amide bonds. The smallest absolute Gasteiger partial charge is 0.151 e. The minimum atomic E-state index is -3.12. The molecule has 0 heterocycles. The molecule has 2 rings (SSSR count). The molecule has 0 radical (unpaired) electrons. The fourth-order valence-electron chi connectivity index (χ4n) is 1.92. The summed E-state index contributed by atoms with van der Waals surface area (Å²) in [6.45, 7) is 2.00. The number of ether oxygens (including phenoxy) is 1. The van der Waals surface area contributed by atoms with Crippen LogP contribution in [-0.2, 0) is 9.84 Å². The lowest BCUT2D eigenvalue weighted by Crippen LogP contribution is -2.18. The van der Waals surface area contributed by atoms with Crippen LogP contribution in [0.3, 0.4) is 0 Å². The molecule has 0 aliphatic rings. The Labute approximate surface area is 120 Å². The summed E-state index contributed by atoms with van der Waals surface area (Å²) in [6, 6.07) is 17.0. The van der Waals surface area contributed by atoms with Gasteiger partial charge >= 0.3 is 0 Å². The van der Waals surface area contributed by atoms with Gasteiger partial charge in [0.25, 0.3) is 0 Å². The molecule has 3 nitrogen and oxygen atoms in total. The second-order valence-electron chi connectivity index (χ2n) is 4.92. The van der Waals surface area contributed by atoms with E-state index in [2.05, 4.69) is 0 Å². The second-order valence-corrected chi connectivity index (χ2v) is 7.11. The van der Waals surface area contributed by atoms with Crippen molar-refractivity contribution < 1.29 is 13.2 Å². The zero-order valence-electron chi connectivity index (χ0n) is 11.6. The summed E-state index contributed by atoms with van der Waals surface area (Å²) in [7, 11) is -3.12. The molecule has 0 fully saturated rings. The van der Waals surface area contributed by atoms with Gasteiger partial charge in [-0.15, -0.1) is 0 Å². The van der Waals surface area contributed by atoms with E-state index in [1.54, 1.807) is 0 Å². The van der Waals surface area contributed by atoms with Crippen LogP contribution >= 0.6 is 0 Å². The molecule has 4 heteroatoms. The molecule has 0 saturated heterocycles. The molecular weight excluding hydrogens is 272 g/mol. The van der Waals surface area contributed by atoms with Gasteiger partial charge in [0.05, 0.1) is 5.75 Å². The van der Waals surface area contributed by atoms with Gasteiger partial charge in [-0.25, -0.2) is 8.42 Å². The Balaban J connectivity index is 2.25. The van der Waals surface area contributed by atoms with E-state index >= 15 is 0 Å². The summed E-state index contributed by atoms with van der Waals surface area (Å²) in [4.78, 5) is 0. The van der Waals surface area contributed by atoms with E-state index in [1.165, 1.54) is 6.26 Å². The van der Waals surface area contributed by atoms with Crippen molar-refractivity contribution >= 4 is 9.84 Å². The van der Waals surface area contributed by atoms with E-state index in [9.17, 15) is 8.42 Å². The molecule has 0 saturated carbocycles. The van der Waals surface area contributed by atoms with Crippen molar-refractivity contribution in [1.29, 1.82) is 0 Å². The van der Waals surface area contributed by atoms with Crippen molar-refractivity contribution in [1.82, 2.24) is 0 Å². The molecule has 0 aromatic heterocycles. The highest BCUT2D eigenvalue weighted by molar-refractivity contribution is 7.90. The predicted octanol–water partition coefficient (Wildman–Crippen LogP) is 3.16. The molecule has 2 aromatic rings. The van der Waals surface area contributed by atoms with Crippen LogP contribution in [-0.4, -0.2) is 20.4 Å². The minimum absolute atomic E-state index is 0.0368. The van der Waals surface area contributed by atoms with Gasteiger partial charge < -0.3 is 4.74 Å². The van der Waals surface area contributed by atoms with Crippen molar-refractivity contribution in [2.45, 2.75) is 13.0 Å². The molecule has 1 unspecified atom stereocenters. The Kier molecular flexibility index (Phi) is 4.45. The van der Waals surface area contributed by atoms with Crippen LogP contribution in [0.4, 0.5) is 0 Å². The van der Waals surface area contributed by atoms with E-state index < -0.39 is 15.9 Å². The van der Waals surface area contributed by atoms with Crippen molar-refractivity contribution in [3.8, 4) is 5.75 Å². The van der Waals surface area contributed by atoms with E-state index in [4.69, 9.17) is 4.74 Å². The average molecular weight is 290 g/mol. The third kappa shape index (κ3) is 4.38. The van der Waals surface area contributed by atoms with Crippen molar-refractivity contribution in [2.24, 2.45) is 0 Å². The maximum Gasteiger partial charge on any atom is 0.151 e. The summed E-state index contributed by atoms with van der Waals surface area (Å²) in [5.41, 5.74) is 2.00. The van der Waals surface area contributed by atoms with Crippen molar-refractivity contribution in [2.75, 3.05) is 12.0 Å². The van der Waals surface area contributed by atoms with Crippen LogP contribution in [0.15, 0.2) is 54.6 Å². The van der Waals surface area contributed by atoms with Gasteiger partial charge in [0, 0.05) is 6.26 Å². The quantitative estimate of drug-likeness (QED) is 0.849. The topological polar surface area (TPSA) is 43.4 Å². The maximum atomic E-state index is 11.6. The number of rotatable bonds is 5. The van der Waals surface area contributed by atoms with Crippen molar-refractivity contribution in [3.63, 3.8) is 0 Å². The maximum absolute atomic E-state index is 11.6. The third-order valence-electron chi connectivity index (χ3n) is 2.92. The lowest BCUT2D eigenvalue weighted by atomic mass is 10.1. The predicted molar refractivity (Wildman–Crippen MR) is 80.7 cm³/mol. The molecule has 0 aliphatic carbocycles. The summed E-state index contributed by atoms with van der Waals surface area (Å²) in [5, 5.41) is 0. The Morgan fingerprint density at radius 3 is 2.15 bits per heavy atom. The fourth-order valence-corrected chi connectivity index (χ4v) is 2.73. The molecule has 2 aromatic carbocycles. The first kappa shape index (κ1) is 14.6. The molecular formula is C16H18O3S. The van der Waals surface area contributed by atoms with Crippen LogP contribution in [0, 0.1) is 6.92 Å². The minimum Gasteiger partial charge on any atom is -0.485 e. The first-order valence-electron chi connectivity index (χ1n) is 6.40. The monoisotopic (exact) mass is 290 g/mol. The number of aryl methyl sites for hydroxylation is 1. The highest BCUT2D eigenvalue weighted by Gasteiger charge is 2.19. The van der Waals surface area contributed by atoms with Gasteiger partial charge in [-0.3, -0.25) is 0 Å². The van der Waals surface area contributed by atoms with Gasteiger partial charge in [-0.05, 0) is 24.6 Å². The third-order valence-corrected chi connectivity index (χ3v) is 3.83. The zero-order chi connectivity index (χ0) is 14.6. The van der Waals surface area contributed by atoms with Crippen LogP contribution in [0.25, 0.3) is 0 Å². The fraction of sp³-hybridized carbons (Fsp3) is 0.250. The summed E-state index contributed by atoms with van der Waals surface area (Å²) in [5.74, 6) is 0.637. The van der Waals surface area contributed by atoms with Gasteiger partial charge in [-0.2, -0.15) is 0 Å².